The Morgan fingerprint density at radius 2 is 2.08 bits per heavy atom. The zero-order chi connectivity index (χ0) is 17.8. The quantitative estimate of drug-likeness (QED) is 0.841. The lowest BCUT2D eigenvalue weighted by molar-refractivity contribution is -0.124. The van der Waals surface area contributed by atoms with E-state index in [-0.39, 0.29) is 17.4 Å². The zero-order valence-corrected chi connectivity index (χ0v) is 13.8. The normalized spacial score (nSPS) is 16.7. The van der Waals surface area contributed by atoms with Gasteiger partial charge in [0.05, 0.1) is 22.9 Å². The molecule has 1 unspecified atom stereocenters. The number of carboxylic acid groups (broad SMARTS) is 1. The number of carboxylic acids is 1. The monoisotopic (exact) mass is 341 g/mol. The predicted molar refractivity (Wildman–Crippen MR) is 91.2 cm³/mol. The van der Waals surface area contributed by atoms with Gasteiger partial charge in [0.15, 0.2) is 0 Å². The van der Waals surface area contributed by atoms with Crippen LogP contribution in [0.25, 0.3) is 11.4 Å². The molecule has 1 saturated heterocycles. The third-order valence-corrected chi connectivity index (χ3v) is 4.11. The van der Waals surface area contributed by atoms with E-state index in [1.807, 2.05) is 11.8 Å². The van der Waals surface area contributed by atoms with E-state index >= 15 is 0 Å². The van der Waals surface area contributed by atoms with Crippen LogP contribution in [0.15, 0.2) is 30.6 Å². The molecule has 1 aliphatic heterocycles. The number of aromatic carboxylic acids is 1. The summed E-state index contributed by atoms with van der Waals surface area (Å²) >= 11 is 0. The van der Waals surface area contributed by atoms with Gasteiger partial charge in [-0.15, -0.1) is 0 Å². The fourth-order valence-corrected chi connectivity index (χ4v) is 2.82. The Morgan fingerprint density at radius 3 is 2.84 bits per heavy atom. The first kappa shape index (κ1) is 16.8. The molecule has 8 heteroatoms. The molecule has 1 amide bonds. The van der Waals surface area contributed by atoms with Gasteiger partial charge in [0.2, 0.25) is 11.9 Å². The molecule has 2 aromatic heterocycles. The maximum atomic E-state index is 12.0. The van der Waals surface area contributed by atoms with Crippen LogP contribution >= 0.6 is 0 Å². The Balaban J connectivity index is 1.80. The molecule has 2 N–H and O–H groups in total. The summed E-state index contributed by atoms with van der Waals surface area (Å²) in [5.74, 6) is -0.508. The molecule has 3 heterocycles. The van der Waals surface area contributed by atoms with E-state index in [2.05, 4.69) is 20.3 Å². The minimum atomic E-state index is -1.01. The number of pyridine rings is 1. The van der Waals surface area contributed by atoms with Crippen LogP contribution in [-0.2, 0) is 4.79 Å². The molecule has 8 nitrogen and oxygen atoms in total. The van der Waals surface area contributed by atoms with Crippen molar-refractivity contribution in [3.05, 3.63) is 36.2 Å². The van der Waals surface area contributed by atoms with E-state index in [0.717, 1.165) is 6.42 Å². The van der Waals surface area contributed by atoms with Gasteiger partial charge in [0, 0.05) is 32.0 Å². The lowest BCUT2D eigenvalue weighted by atomic mass is 10.1. The molecule has 1 atom stereocenters. The van der Waals surface area contributed by atoms with Gasteiger partial charge in [-0.1, -0.05) is 0 Å². The molecular weight excluding hydrogens is 322 g/mol. The van der Waals surface area contributed by atoms with Crippen LogP contribution in [0.1, 0.15) is 23.7 Å². The van der Waals surface area contributed by atoms with Crippen molar-refractivity contribution >= 4 is 17.8 Å². The second kappa shape index (κ2) is 7.25. The maximum absolute atomic E-state index is 12.0. The lowest BCUT2D eigenvalue weighted by Gasteiger charge is -2.16. The summed E-state index contributed by atoms with van der Waals surface area (Å²) in [6.07, 6.45) is 3.82. The van der Waals surface area contributed by atoms with Crippen molar-refractivity contribution in [2.75, 3.05) is 24.5 Å². The summed E-state index contributed by atoms with van der Waals surface area (Å²) in [6, 6.07) is 4.61. The number of anilines is 1. The molecule has 0 radical (unpaired) electrons. The van der Waals surface area contributed by atoms with Crippen LogP contribution < -0.4 is 10.2 Å². The van der Waals surface area contributed by atoms with Crippen molar-refractivity contribution < 1.29 is 14.7 Å². The second-order valence-corrected chi connectivity index (χ2v) is 5.80. The first-order valence-corrected chi connectivity index (χ1v) is 8.14. The van der Waals surface area contributed by atoms with Crippen molar-refractivity contribution in [3.63, 3.8) is 0 Å². The summed E-state index contributed by atoms with van der Waals surface area (Å²) < 4.78 is 0. The SMILES string of the molecule is CCNC(=O)C1CCN(c2nccc(-c3cc(C(=O)O)ccn3)n2)C1. The van der Waals surface area contributed by atoms with Crippen LogP contribution in [0.2, 0.25) is 0 Å². The summed E-state index contributed by atoms with van der Waals surface area (Å²) in [4.78, 5) is 38.0. The molecule has 0 aromatic carbocycles. The molecular formula is C17H19N5O3. The average Bonchev–Trinajstić information content (AvgIpc) is 3.12. The number of hydrogen-bond acceptors (Lipinski definition) is 6. The fraction of sp³-hybridized carbons (Fsp3) is 0.353. The van der Waals surface area contributed by atoms with Crippen molar-refractivity contribution in [2.24, 2.45) is 5.92 Å². The maximum Gasteiger partial charge on any atom is 0.335 e. The topological polar surface area (TPSA) is 108 Å². The highest BCUT2D eigenvalue weighted by Crippen LogP contribution is 2.23. The van der Waals surface area contributed by atoms with Crippen LogP contribution in [-0.4, -0.2) is 51.6 Å². The fourth-order valence-electron chi connectivity index (χ4n) is 2.82. The van der Waals surface area contributed by atoms with Gasteiger partial charge in [0.25, 0.3) is 0 Å². The van der Waals surface area contributed by atoms with Gasteiger partial charge in [-0.3, -0.25) is 9.78 Å². The van der Waals surface area contributed by atoms with Crippen molar-refractivity contribution in [1.29, 1.82) is 0 Å². The number of rotatable bonds is 5. The Kier molecular flexibility index (Phi) is 4.87. The van der Waals surface area contributed by atoms with E-state index in [1.165, 1.54) is 18.3 Å². The summed E-state index contributed by atoms with van der Waals surface area (Å²) in [5, 5.41) is 11.9. The first-order valence-electron chi connectivity index (χ1n) is 8.14. The van der Waals surface area contributed by atoms with Gasteiger partial charge < -0.3 is 15.3 Å². The number of aromatic nitrogens is 3. The Labute approximate surface area is 144 Å². The number of carbonyl (C=O) groups excluding carboxylic acids is 1. The third kappa shape index (κ3) is 3.73. The van der Waals surface area contributed by atoms with Crippen molar-refractivity contribution in [1.82, 2.24) is 20.3 Å². The number of amides is 1. The lowest BCUT2D eigenvalue weighted by Crippen LogP contribution is -2.32. The average molecular weight is 341 g/mol. The molecule has 0 saturated carbocycles. The molecule has 3 rings (SSSR count). The van der Waals surface area contributed by atoms with Gasteiger partial charge in [-0.25, -0.2) is 14.8 Å². The van der Waals surface area contributed by atoms with Gasteiger partial charge in [-0.05, 0) is 31.5 Å². The predicted octanol–water partition coefficient (Wildman–Crippen LogP) is 1.20. The first-order chi connectivity index (χ1) is 12.1. The highest BCUT2D eigenvalue weighted by Gasteiger charge is 2.29. The van der Waals surface area contributed by atoms with Crippen molar-refractivity contribution in [2.45, 2.75) is 13.3 Å². The van der Waals surface area contributed by atoms with E-state index in [1.54, 1.807) is 12.3 Å². The van der Waals surface area contributed by atoms with E-state index in [9.17, 15) is 9.59 Å². The Bertz CT molecular complexity index is 795. The second-order valence-electron chi connectivity index (χ2n) is 5.80. The summed E-state index contributed by atoms with van der Waals surface area (Å²) in [5.41, 5.74) is 1.18. The molecule has 0 aliphatic carbocycles. The largest absolute Gasteiger partial charge is 0.478 e. The van der Waals surface area contributed by atoms with Gasteiger partial charge >= 0.3 is 5.97 Å². The highest BCUT2D eigenvalue weighted by molar-refractivity contribution is 5.88. The minimum Gasteiger partial charge on any atom is -0.478 e. The molecule has 25 heavy (non-hydrogen) atoms. The molecule has 2 aromatic rings. The number of hydrogen-bond donors (Lipinski definition) is 2. The molecule has 0 bridgehead atoms. The highest BCUT2D eigenvalue weighted by atomic mass is 16.4. The molecule has 1 aliphatic rings. The summed E-state index contributed by atoms with van der Waals surface area (Å²) in [7, 11) is 0. The molecule has 130 valence electrons. The smallest absolute Gasteiger partial charge is 0.335 e. The van der Waals surface area contributed by atoms with Crippen LogP contribution in [0.4, 0.5) is 5.95 Å². The number of nitrogens with one attached hydrogen (secondary N) is 1. The number of nitrogens with zero attached hydrogens (tertiary/aromatic N) is 4. The van der Waals surface area contributed by atoms with Crippen molar-refractivity contribution in [3.8, 4) is 11.4 Å². The van der Waals surface area contributed by atoms with E-state index in [0.29, 0.717) is 37.0 Å². The van der Waals surface area contributed by atoms with Gasteiger partial charge in [-0.2, -0.15) is 0 Å². The standard InChI is InChI=1S/C17H19N5O3/c1-2-18-15(23)12-5-8-22(10-12)17-20-7-4-13(21-17)14-9-11(16(24)25)3-6-19-14/h3-4,6-7,9,12H,2,5,8,10H2,1H3,(H,18,23)(H,24,25). The van der Waals surface area contributed by atoms with Gasteiger partial charge in [0.1, 0.15) is 0 Å². The van der Waals surface area contributed by atoms with Crippen LogP contribution in [0.3, 0.4) is 0 Å². The Morgan fingerprint density at radius 1 is 1.28 bits per heavy atom. The van der Waals surface area contributed by atoms with Crippen LogP contribution in [0.5, 0.6) is 0 Å². The molecule has 1 fully saturated rings. The molecule has 0 spiro atoms. The van der Waals surface area contributed by atoms with E-state index < -0.39 is 5.97 Å². The third-order valence-electron chi connectivity index (χ3n) is 4.11. The minimum absolute atomic E-state index is 0.0528. The van der Waals surface area contributed by atoms with E-state index in [4.69, 9.17) is 5.11 Å². The Hall–Kier alpha value is -3.03. The summed E-state index contributed by atoms with van der Waals surface area (Å²) in [6.45, 7) is 3.79. The zero-order valence-electron chi connectivity index (χ0n) is 13.8. The van der Waals surface area contributed by atoms with Crippen LogP contribution in [0, 0.1) is 5.92 Å². The number of carbonyl (C=O) groups is 2.